The first-order valence-electron chi connectivity index (χ1n) is 7.36. The van der Waals surface area contributed by atoms with Crippen molar-refractivity contribution < 1.29 is 23.7 Å². The van der Waals surface area contributed by atoms with Crippen LogP contribution in [0.1, 0.15) is 12.5 Å². The molecule has 2 rings (SSSR count). The SMILES string of the molecule is COC1=C(OC)C(Br)(c2ccc(OC)c(OC)c2)C(C(C)=O)C=C1. The third-order valence-corrected chi connectivity index (χ3v) is 5.40. The second-order valence-corrected chi connectivity index (χ2v) is 6.58. The Labute approximate surface area is 150 Å². The van der Waals surface area contributed by atoms with Crippen LogP contribution in [0, 0.1) is 5.92 Å². The van der Waals surface area contributed by atoms with Gasteiger partial charge in [-0.25, -0.2) is 0 Å². The van der Waals surface area contributed by atoms with E-state index in [1.54, 1.807) is 47.5 Å². The molecule has 0 heterocycles. The van der Waals surface area contributed by atoms with Gasteiger partial charge in [-0.2, -0.15) is 0 Å². The summed E-state index contributed by atoms with van der Waals surface area (Å²) in [6.45, 7) is 1.55. The zero-order chi connectivity index (χ0) is 17.9. The lowest BCUT2D eigenvalue weighted by atomic mass is 9.78. The molecule has 1 aromatic rings. The fourth-order valence-electron chi connectivity index (χ4n) is 2.91. The molecule has 5 nitrogen and oxygen atoms in total. The van der Waals surface area contributed by atoms with Crippen molar-refractivity contribution in [1.29, 1.82) is 0 Å². The standard InChI is InChI=1S/C18H21BrO5/c1-11(20)13-7-9-15(22-3)17(24-5)18(13,19)12-6-8-14(21-2)16(10-12)23-4/h6-10,13H,1-5H3. The normalized spacial score (nSPS) is 23.0. The van der Waals surface area contributed by atoms with Crippen molar-refractivity contribution in [3.63, 3.8) is 0 Å². The van der Waals surface area contributed by atoms with Crippen molar-refractivity contribution in [3.05, 3.63) is 47.4 Å². The monoisotopic (exact) mass is 396 g/mol. The zero-order valence-corrected chi connectivity index (χ0v) is 16.0. The van der Waals surface area contributed by atoms with Gasteiger partial charge in [-0.1, -0.05) is 28.1 Å². The average molecular weight is 397 g/mol. The maximum atomic E-state index is 12.3. The van der Waals surface area contributed by atoms with Crippen molar-refractivity contribution in [2.75, 3.05) is 28.4 Å². The Morgan fingerprint density at radius 3 is 2.21 bits per heavy atom. The molecule has 130 valence electrons. The molecule has 1 aromatic carbocycles. The van der Waals surface area contributed by atoms with E-state index in [-0.39, 0.29) is 5.78 Å². The largest absolute Gasteiger partial charge is 0.495 e. The van der Waals surface area contributed by atoms with Crippen LogP contribution >= 0.6 is 15.9 Å². The highest BCUT2D eigenvalue weighted by Crippen LogP contribution is 2.51. The van der Waals surface area contributed by atoms with Gasteiger partial charge in [0.15, 0.2) is 23.0 Å². The van der Waals surface area contributed by atoms with Gasteiger partial charge in [0, 0.05) is 0 Å². The van der Waals surface area contributed by atoms with Gasteiger partial charge >= 0.3 is 0 Å². The Morgan fingerprint density at radius 2 is 1.71 bits per heavy atom. The molecule has 0 bridgehead atoms. The lowest BCUT2D eigenvalue weighted by Crippen LogP contribution is -2.38. The van der Waals surface area contributed by atoms with Crippen LogP contribution in [-0.2, 0) is 18.6 Å². The molecule has 24 heavy (non-hydrogen) atoms. The third kappa shape index (κ3) is 2.90. The molecule has 0 saturated heterocycles. The Hall–Kier alpha value is -1.95. The molecule has 0 N–H and O–H groups in total. The number of ketones is 1. The topological polar surface area (TPSA) is 54.0 Å². The number of ether oxygens (including phenoxy) is 4. The van der Waals surface area contributed by atoms with E-state index in [0.717, 1.165) is 5.56 Å². The van der Waals surface area contributed by atoms with Crippen molar-refractivity contribution in [3.8, 4) is 11.5 Å². The molecule has 0 spiro atoms. The lowest BCUT2D eigenvalue weighted by molar-refractivity contribution is -0.120. The summed E-state index contributed by atoms with van der Waals surface area (Å²) in [7, 11) is 6.27. The van der Waals surface area contributed by atoms with Crippen LogP contribution in [-0.4, -0.2) is 34.2 Å². The molecule has 2 unspecified atom stereocenters. The Kier molecular flexibility index (Phi) is 5.59. The quantitative estimate of drug-likeness (QED) is 0.687. The number of halogens is 1. The second-order valence-electron chi connectivity index (χ2n) is 5.33. The van der Waals surface area contributed by atoms with E-state index in [9.17, 15) is 4.79 Å². The molecular weight excluding hydrogens is 376 g/mol. The number of hydrogen-bond donors (Lipinski definition) is 0. The Balaban J connectivity index is 2.70. The molecule has 0 aliphatic heterocycles. The smallest absolute Gasteiger partial charge is 0.161 e. The fourth-order valence-corrected chi connectivity index (χ4v) is 3.99. The molecule has 0 saturated carbocycles. The van der Waals surface area contributed by atoms with Gasteiger partial charge in [0.1, 0.15) is 10.1 Å². The molecule has 6 heteroatoms. The molecule has 0 radical (unpaired) electrons. The van der Waals surface area contributed by atoms with Gasteiger partial charge < -0.3 is 18.9 Å². The van der Waals surface area contributed by atoms with Gasteiger partial charge in [0.2, 0.25) is 0 Å². The van der Waals surface area contributed by atoms with Gasteiger partial charge in [-0.05, 0) is 30.7 Å². The molecule has 0 fully saturated rings. The lowest BCUT2D eigenvalue weighted by Gasteiger charge is -2.37. The van der Waals surface area contributed by atoms with E-state index in [0.29, 0.717) is 23.0 Å². The van der Waals surface area contributed by atoms with Gasteiger partial charge in [0.05, 0.1) is 34.4 Å². The number of methoxy groups -OCH3 is 4. The van der Waals surface area contributed by atoms with Crippen LogP contribution in [0.25, 0.3) is 0 Å². The molecular formula is C18H21BrO5. The second kappa shape index (κ2) is 7.30. The van der Waals surface area contributed by atoms with E-state index in [2.05, 4.69) is 15.9 Å². The number of alkyl halides is 1. The van der Waals surface area contributed by atoms with Crippen LogP contribution in [0.3, 0.4) is 0 Å². The highest BCUT2D eigenvalue weighted by atomic mass is 79.9. The van der Waals surface area contributed by atoms with Gasteiger partial charge in [-0.3, -0.25) is 4.79 Å². The van der Waals surface area contributed by atoms with Crippen molar-refractivity contribution in [1.82, 2.24) is 0 Å². The van der Waals surface area contributed by atoms with Crippen molar-refractivity contribution >= 4 is 21.7 Å². The number of rotatable bonds is 6. The highest BCUT2D eigenvalue weighted by Gasteiger charge is 2.48. The van der Waals surface area contributed by atoms with Crippen LogP contribution < -0.4 is 9.47 Å². The summed E-state index contributed by atoms with van der Waals surface area (Å²) in [6, 6.07) is 5.50. The van der Waals surface area contributed by atoms with Gasteiger partial charge in [-0.15, -0.1) is 0 Å². The van der Waals surface area contributed by atoms with Gasteiger partial charge in [0.25, 0.3) is 0 Å². The van der Waals surface area contributed by atoms with Crippen LogP contribution in [0.15, 0.2) is 41.9 Å². The number of carbonyl (C=O) groups excluding carboxylic acids is 1. The number of allylic oxidation sites excluding steroid dienone is 3. The number of carbonyl (C=O) groups is 1. The minimum atomic E-state index is -0.896. The summed E-state index contributed by atoms with van der Waals surface area (Å²) in [5, 5.41) is 0. The summed E-state index contributed by atoms with van der Waals surface area (Å²) in [5.74, 6) is 1.81. The van der Waals surface area contributed by atoms with E-state index in [4.69, 9.17) is 18.9 Å². The first-order valence-corrected chi connectivity index (χ1v) is 8.16. The summed E-state index contributed by atoms with van der Waals surface area (Å²) in [6.07, 6.45) is 3.57. The average Bonchev–Trinajstić information content (AvgIpc) is 2.59. The summed E-state index contributed by atoms with van der Waals surface area (Å²) < 4.78 is 20.8. The van der Waals surface area contributed by atoms with Crippen LogP contribution in [0.5, 0.6) is 11.5 Å². The molecule has 1 aliphatic rings. The van der Waals surface area contributed by atoms with E-state index in [1.165, 1.54) is 0 Å². The molecule has 0 aromatic heterocycles. The zero-order valence-electron chi connectivity index (χ0n) is 14.4. The van der Waals surface area contributed by atoms with E-state index < -0.39 is 10.2 Å². The van der Waals surface area contributed by atoms with Crippen LogP contribution in [0.2, 0.25) is 0 Å². The maximum absolute atomic E-state index is 12.3. The summed E-state index contributed by atoms with van der Waals surface area (Å²) in [4.78, 5) is 12.3. The van der Waals surface area contributed by atoms with E-state index >= 15 is 0 Å². The number of hydrogen-bond acceptors (Lipinski definition) is 5. The Morgan fingerprint density at radius 1 is 1.04 bits per heavy atom. The van der Waals surface area contributed by atoms with Crippen molar-refractivity contribution in [2.45, 2.75) is 11.2 Å². The summed E-state index contributed by atoms with van der Waals surface area (Å²) in [5.41, 5.74) is 0.802. The minimum Gasteiger partial charge on any atom is -0.495 e. The molecule has 1 aliphatic carbocycles. The first-order chi connectivity index (χ1) is 11.4. The minimum absolute atomic E-state index is 0.00242. The Bertz CT molecular complexity index is 695. The molecule has 2 atom stereocenters. The van der Waals surface area contributed by atoms with Crippen molar-refractivity contribution in [2.24, 2.45) is 5.92 Å². The highest BCUT2D eigenvalue weighted by molar-refractivity contribution is 9.09. The number of Topliss-reactive ketones (excluding diaryl/α,β-unsaturated/α-hetero) is 1. The number of benzene rings is 1. The fraction of sp³-hybridized carbons (Fsp3) is 0.389. The molecule has 0 amide bonds. The predicted octanol–water partition coefficient (Wildman–Crippen LogP) is 3.57. The summed E-state index contributed by atoms with van der Waals surface area (Å²) >= 11 is 3.76. The predicted molar refractivity (Wildman–Crippen MR) is 94.5 cm³/mol. The van der Waals surface area contributed by atoms with E-state index in [1.807, 2.05) is 18.2 Å². The third-order valence-electron chi connectivity index (χ3n) is 4.09. The maximum Gasteiger partial charge on any atom is 0.161 e. The first kappa shape index (κ1) is 18.4. The van der Waals surface area contributed by atoms with Crippen LogP contribution in [0.4, 0.5) is 0 Å².